The summed E-state index contributed by atoms with van der Waals surface area (Å²) in [5.41, 5.74) is 3.59. The van der Waals surface area contributed by atoms with Crippen molar-refractivity contribution >= 4 is 23.4 Å². The number of benzene rings is 2. The van der Waals surface area contributed by atoms with Gasteiger partial charge in [0.1, 0.15) is 0 Å². The summed E-state index contributed by atoms with van der Waals surface area (Å²) in [6, 6.07) is 15.2. The largest absolute Gasteiger partial charge is 0.307 e. The van der Waals surface area contributed by atoms with Crippen LogP contribution in [-0.2, 0) is 0 Å². The van der Waals surface area contributed by atoms with E-state index >= 15 is 0 Å². The highest BCUT2D eigenvalue weighted by molar-refractivity contribution is 7.98. The van der Waals surface area contributed by atoms with Gasteiger partial charge in [0.25, 0.3) is 0 Å². The van der Waals surface area contributed by atoms with Crippen molar-refractivity contribution in [2.45, 2.75) is 24.8 Å². The van der Waals surface area contributed by atoms with Gasteiger partial charge in [-0.25, -0.2) is 0 Å². The molecule has 0 bridgehead atoms. The maximum atomic E-state index is 6.26. The van der Waals surface area contributed by atoms with E-state index in [1.54, 1.807) is 11.8 Å². The van der Waals surface area contributed by atoms with E-state index in [1.807, 2.05) is 6.92 Å². The zero-order valence-electron chi connectivity index (χ0n) is 12.1. The number of hydrogen-bond donors (Lipinski definition) is 1. The summed E-state index contributed by atoms with van der Waals surface area (Å²) in [6.07, 6.45) is 2.09. The Morgan fingerprint density at radius 1 is 1.10 bits per heavy atom. The summed E-state index contributed by atoms with van der Waals surface area (Å²) in [5.74, 6) is 0. The van der Waals surface area contributed by atoms with Gasteiger partial charge in [-0.2, -0.15) is 0 Å². The van der Waals surface area contributed by atoms with Gasteiger partial charge in [-0.05, 0) is 54.6 Å². The number of halogens is 1. The van der Waals surface area contributed by atoms with Gasteiger partial charge in [-0.3, -0.25) is 0 Å². The van der Waals surface area contributed by atoms with Crippen molar-refractivity contribution in [2.75, 3.05) is 12.8 Å². The molecule has 0 saturated carbocycles. The molecule has 2 rings (SSSR count). The van der Waals surface area contributed by atoms with Gasteiger partial charge in [-0.15, -0.1) is 11.8 Å². The molecule has 0 heterocycles. The Labute approximate surface area is 130 Å². The van der Waals surface area contributed by atoms with E-state index in [9.17, 15) is 0 Å². The monoisotopic (exact) mass is 305 g/mol. The second kappa shape index (κ2) is 7.16. The number of nitrogens with one attached hydrogen (secondary N) is 1. The summed E-state index contributed by atoms with van der Waals surface area (Å²) < 4.78 is 0. The Morgan fingerprint density at radius 2 is 1.75 bits per heavy atom. The van der Waals surface area contributed by atoms with Gasteiger partial charge >= 0.3 is 0 Å². The van der Waals surface area contributed by atoms with E-state index < -0.39 is 0 Å². The van der Waals surface area contributed by atoms with Crippen LogP contribution in [0, 0.1) is 6.92 Å². The number of rotatable bonds is 5. The lowest BCUT2D eigenvalue weighted by Gasteiger charge is -2.20. The van der Waals surface area contributed by atoms with Gasteiger partial charge in [0.15, 0.2) is 0 Å². The van der Waals surface area contributed by atoms with Crippen LogP contribution in [0.1, 0.15) is 29.7 Å². The minimum atomic E-state index is 0.189. The van der Waals surface area contributed by atoms with Crippen LogP contribution < -0.4 is 5.32 Å². The first-order chi connectivity index (χ1) is 9.65. The van der Waals surface area contributed by atoms with Crippen molar-refractivity contribution in [1.82, 2.24) is 5.32 Å². The first-order valence-electron chi connectivity index (χ1n) is 6.79. The summed E-state index contributed by atoms with van der Waals surface area (Å²) in [6.45, 7) is 5.07. The Kier molecular flexibility index (Phi) is 5.53. The van der Waals surface area contributed by atoms with Crippen LogP contribution in [0.5, 0.6) is 0 Å². The van der Waals surface area contributed by atoms with E-state index in [0.717, 1.165) is 17.1 Å². The molecule has 0 aliphatic heterocycles. The third-order valence-corrected chi connectivity index (χ3v) is 4.54. The molecule has 2 aromatic carbocycles. The van der Waals surface area contributed by atoms with E-state index in [2.05, 4.69) is 61.0 Å². The van der Waals surface area contributed by atoms with Crippen molar-refractivity contribution < 1.29 is 0 Å². The molecule has 0 spiro atoms. The molecule has 106 valence electrons. The fourth-order valence-electron chi connectivity index (χ4n) is 2.22. The second-order valence-electron chi connectivity index (χ2n) is 4.77. The van der Waals surface area contributed by atoms with Crippen molar-refractivity contribution in [3.8, 4) is 0 Å². The van der Waals surface area contributed by atoms with Crippen LogP contribution in [0.4, 0.5) is 0 Å². The van der Waals surface area contributed by atoms with Gasteiger partial charge in [-0.1, -0.05) is 42.8 Å². The second-order valence-corrected chi connectivity index (χ2v) is 6.06. The molecule has 0 aliphatic rings. The van der Waals surface area contributed by atoms with Crippen LogP contribution in [0.25, 0.3) is 0 Å². The molecule has 3 heteroatoms. The zero-order chi connectivity index (χ0) is 14.5. The topological polar surface area (TPSA) is 12.0 Å². The molecule has 0 radical (unpaired) electrons. The number of aryl methyl sites for hydroxylation is 1. The molecule has 0 aliphatic carbocycles. The highest BCUT2D eigenvalue weighted by Gasteiger charge is 2.13. The Balaban J connectivity index is 2.35. The quantitative estimate of drug-likeness (QED) is 0.774. The molecular formula is C17H20ClNS. The standard InChI is InChI=1S/C17H20ClNS/c1-4-19-17(13-7-9-15(20-3)10-8-13)14-6-5-12(2)16(18)11-14/h5-11,17,19H,4H2,1-3H3. The third-order valence-electron chi connectivity index (χ3n) is 3.39. The lowest BCUT2D eigenvalue weighted by atomic mass is 9.98. The molecule has 20 heavy (non-hydrogen) atoms. The van der Waals surface area contributed by atoms with E-state index in [4.69, 9.17) is 11.6 Å². The average Bonchev–Trinajstić information content (AvgIpc) is 2.48. The van der Waals surface area contributed by atoms with E-state index in [-0.39, 0.29) is 6.04 Å². The Morgan fingerprint density at radius 3 is 2.30 bits per heavy atom. The number of hydrogen-bond acceptors (Lipinski definition) is 2. The van der Waals surface area contributed by atoms with E-state index in [0.29, 0.717) is 0 Å². The lowest BCUT2D eigenvalue weighted by Crippen LogP contribution is -2.22. The van der Waals surface area contributed by atoms with Crippen molar-refractivity contribution in [3.05, 3.63) is 64.2 Å². The average molecular weight is 306 g/mol. The smallest absolute Gasteiger partial charge is 0.0577 e. The fraction of sp³-hybridized carbons (Fsp3) is 0.294. The predicted molar refractivity (Wildman–Crippen MR) is 89.9 cm³/mol. The minimum absolute atomic E-state index is 0.189. The first-order valence-corrected chi connectivity index (χ1v) is 8.39. The Bertz CT molecular complexity index is 566. The lowest BCUT2D eigenvalue weighted by molar-refractivity contribution is 0.630. The van der Waals surface area contributed by atoms with Gasteiger partial charge < -0.3 is 5.32 Å². The fourth-order valence-corrected chi connectivity index (χ4v) is 2.81. The molecule has 1 unspecified atom stereocenters. The normalized spacial score (nSPS) is 12.4. The van der Waals surface area contributed by atoms with Crippen LogP contribution in [0.2, 0.25) is 5.02 Å². The van der Waals surface area contributed by atoms with Crippen LogP contribution in [0.15, 0.2) is 47.4 Å². The van der Waals surface area contributed by atoms with Crippen molar-refractivity contribution in [2.24, 2.45) is 0 Å². The molecule has 1 N–H and O–H groups in total. The van der Waals surface area contributed by atoms with Crippen molar-refractivity contribution in [3.63, 3.8) is 0 Å². The molecule has 0 amide bonds. The summed E-state index contributed by atoms with van der Waals surface area (Å²) in [7, 11) is 0. The van der Waals surface area contributed by atoms with Crippen LogP contribution in [0.3, 0.4) is 0 Å². The number of thioether (sulfide) groups is 1. The summed E-state index contributed by atoms with van der Waals surface area (Å²) >= 11 is 8.02. The molecule has 0 saturated heterocycles. The summed E-state index contributed by atoms with van der Waals surface area (Å²) in [4.78, 5) is 1.28. The molecule has 0 aromatic heterocycles. The third kappa shape index (κ3) is 3.57. The van der Waals surface area contributed by atoms with Crippen LogP contribution in [-0.4, -0.2) is 12.8 Å². The Hall–Kier alpha value is -0.960. The summed E-state index contributed by atoms with van der Waals surface area (Å²) in [5, 5.41) is 4.36. The maximum Gasteiger partial charge on any atom is 0.0577 e. The van der Waals surface area contributed by atoms with Crippen LogP contribution >= 0.6 is 23.4 Å². The maximum absolute atomic E-state index is 6.26. The first kappa shape index (κ1) is 15.4. The molecule has 2 aromatic rings. The predicted octanol–water partition coefficient (Wildman–Crippen LogP) is 5.07. The molecular weight excluding hydrogens is 286 g/mol. The van der Waals surface area contributed by atoms with Gasteiger partial charge in [0.05, 0.1) is 6.04 Å². The van der Waals surface area contributed by atoms with Crippen molar-refractivity contribution in [1.29, 1.82) is 0 Å². The van der Waals surface area contributed by atoms with Gasteiger partial charge in [0, 0.05) is 9.92 Å². The minimum Gasteiger partial charge on any atom is -0.307 e. The van der Waals surface area contributed by atoms with Gasteiger partial charge in [0.2, 0.25) is 0 Å². The van der Waals surface area contributed by atoms with E-state index in [1.165, 1.54) is 16.0 Å². The SMILES string of the molecule is CCNC(c1ccc(SC)cc1)c1ccc(C)c(Cl)c1. The molecule has 1 atom stereocenters. The highest BCUT2D eigenvalue weighted by Crippen LogP contribution is 2.27. The molecule has 0 fully saturated rings. The highest BCUT2D eigenvalue weighted by atomic mass is 35.5. The molecule has 1 nitrogen and oxygen atoms in total. The zero-order valence-corrected chi connectivity index (χ0v) is 13.7.